The van der Waals surface area contributed by atoms with Crippen molar-refractivity contribution in [2.24, 2.45) is 0 Å². The number of phenolic OH excluding ortho intramolecular Hbond substituents is 1. The van der Waals surface area contributed by atoms with Crippen LogP contribution in [0.15, 0.2) is 24.3 Å². The predicted molar refractivity (Wildman–Crippen MR) is 71.9 cm³/mol. The van der Waals surface area contributed by atoms with E-state index < -0.39 is 15.6 Å². The van der Waals surface area contributed by atoms with Gasteiger partial charge in [-0.05, 0) is 19.9 Å². The van der Waals surface area contributed by atoms with Crippen LogP contribution in [-0.2, 0) is 16.6 Å². The minimum Gasteiger partial charge on any atom is -0.508 e. The maximum atomic E-state index is 11.2. The molecule has 0 aliphatic rings. The van der Waals surface area contributed by atoms with Crippen LogP contribution in [0.1, 0.15) is 19.4 Å². The van der Waals surface area contributed by atoms with Gasteiger partial charge in [0.25, 0.3) is 0 Å². The predicted octanol–water partition coefficient (Wildman–Crippen LogP) is 0.810. The minimum atomic E-state index is -3.22. The van der Waals surface area contributed by atoms with Gasteiger partial charge in [-0.2, -0.15) is 0 Å². The van der Waals surface area contributed by atoms with Gasteiger partial charge in [0.1, 0.15) is 5.75 Å². The fraction of sp³-hybridized carbons (Fsp3) is 0.500. The second kappa shape index (κ2) is 5.69. The van der Waals surface area contributed by atoms with Gasteiger partial charge < -0.3 is 10.4 Å². The maximum absolute atomic E-state index is 11.2. The first-order chi connectivity index (χ1) is 8.20. The molecule has 0 heterocycles. The molecule has 0 aromatic heterocycles. The fourth-order valence-electron chi connectivity index (χ4n) is 1.71. The van der Waals surface area contributed by atoms with Crippen molar-refractivity contribution in [3.05, 3.63) is 29.8 Å². The molecule has 0 fully saturated rings. The van der Waals surface area contributed by atoms with Crippen molar-refractivity contribution in [2.45, 2.75) is 25.9 Å². The van der Waals surface area contributed by atoms with E-state index in [4.69, 9.17) is 0 Å². The van der Waals surface area contributed by atoms with Crippen LogP contribution in [0.5, 0.6) is 5.75 Å². The third-order valence-electron chi connectivity index (χ3n) is 2.34. The molecule has 0 aliphatic heterocycles. The molecule has 1 aromatic carbocycles. The highest BCUT2D eigenvalue weighted by Gasteiger charge is 2.21. The van der Waals surface area contributed by atoms with Gasteiger partial charge >= 0.3 is 0 Å². The van der Waals surface area contributed by atoms with Gasteiger partial charge in [-0.1, -0.05) is 18.2 Å². The van der Waals surface area contributed by atoms with E-state index in [9.17, 15) is 13.5 Å². The number of rotatable bonds is 6. The largest absolute Gasteiger partial charge is 0.508 e. The van der Waals surface area contributed by atoms with Crippen molar-refractivity contribution >= 4 is 10.0 Å². The molecular formula is C12H20N2O3S. The maximum Gasteiger partial charge on any atom is 0.209 e. The first-order valence-corrected chi connectivity index (χ1v) is 7.55. The van der Waals surface area contributed by atoms with E-state index >= 15 is 0 Å². The summed E-state index contributed by atoms with van der Waals surface area (Å²) in [5.74, 6) is 0.235. The number of nitrogens with one attached hydrogen (secondary N) is 2. The Labute approximate surface area is 108 Å². The molecule has 1 aromatic rings. The topological polar surface area (TPSA) is 78.4 Å². The van der Waals surface area contributed by atoms with Crippen LogP contribution in [0.4, 0.5) is 0 Å². The van der Waals surface area contributed by atoms with Crippen molar-refractivity contribution in [3.63, 3.8) is 0 Å². The average Bonchev–Trinajstić information content (AvgIpc) is 2.17. The number of para-hydroxylation sites is 1. The van der Waals surface area contributed by atoms with Crippen molar-refractivity contribution < 1.29 is 13.5 Å². The molecule has 3 N–H and O–H groups in total. The number of benzene rings is 1. The zero-order valence-electron chi connectivity index (χ0n) is 10.9. The summed E-state index contributed by atoms with van der Waals surface area (Å²) in [7, 11) is -3.22. The van der Waals surface area contributed by atoms with Crippen molar-refractivity contribution in [1.29, 1.82) is 0 Å². The van der Waals surface area contributed by atoms with E-state index in [1.54, 1.807) is 26.0 Å². The van der Waals surface area contributed by atoms with Crippen LogP contribution in [0.25, 0.3) is 0 Å². The lowest BCUT2D eigenvalue weighted by molar-refractivity contribution is 0.415. The Morgan fingerprint density at radius 3 is 2.44 bits per heavy atom. The highest BCUT2D eigenvalue weighted by atomic mass is 32.2. The third-order valence-corrected chi connectivity index (χ3v) is 3.26. The number of hydrogen-bond donors (Lipinski definition) is 3. The molecule has 0 atom stereocenters. The van der Waals surface area contributed by atoms with Gasteiger partial charge in [0.2, 0.25) is 10.0 Å². The van der Waals surface area contributed by atoms with Crippen molar-refractivity contribution in [3.8, 4) is 5.75 Å². The van der Waals surface area contributed by atoms with Crippen LogP contribution in [0.3, 0.4) is 0 Å². The van der Waals surface area contributed by atoms with Crippen LogP contribution < -0.4 is 10.0 Å². The first-order valence-electron chi connectivity index (χ1n) is 5.66. The molecule has 0 unspecified atom stereocenters. The number of phenols is 1. The molecule has 6 heteroatoms. The first kappa shape index (κ1) is 14.9. The van der Waals surface area contributed by atoms with Crippen LogP contribution in [0.2, 0.25) is 0 Å². The Bertz CT molecular complexity index is 498. The Kier molecular flexibility index (Phi) is 4.72. The van der Waals surface area contributed by atoms with Gasteiger partial charge in [-0.15, -0.1) is 0 Å². The zero-order chi connectivity index (χ0) is 13.8. The second-order valence-corrected chi connectivity index (χ2v) is 6.74. The molecule has 1 rings (SSSR count). The van der Waals surface area contributed by atoms with Crippen LogP contribution in [-0.4, -0.2) is 31.9 Å². The lowest BCUT2D eigenvalue weighted by Gasteiger charge is -2.25. The van der Waals surface area contributed by atoms with Gasteiger partial charge in [0.15, 0.2) is 0 Å². The smallest absolute Gasteiger partial charge is 0.209 e. The summed E-state index contributed by atoms with van der Waals surface area (Å²) in [5.41, 5.74) is 0.213. The van der Waals surface area contributed by atoms with Gasteiger partial charge in [0.05, 0.1) is 6.26 Å². The summed E-state index contributed by atoms with van der Waals surface area (Å²) in [6.45, 7) is 4.55. The molecule has 0 amide bonds. The monoisotopic (exact) mass is 272 g/mol. The Hall–Kier alpha value is -1.11. The van der Waals surface area contributed by atoms with Gasteiger partial charge in [0, 0.05) is 24.2 Å². The number of sulfonamides is 1. The Morgan fingerprint density at radius 1 is 1.28 bits per heavy atom. The van der Waals surface area contributed by atoms with Crippen molar-refractivity contribution in [2.75, 3.05) is 12.8 Å². The van der Waals surface area contributed by atoms with Gasteiger partial charge in [-0.25, -0.2) is 13.1 Å². The molecule has 0 saturated heterocycles. The summed E-state index contributed by atoms with van der Waals surface area (Å²) in [6, 6.07) is 7.04. The highest BCUT2D eigenvalue weighted by Crippen LogP contribution is 2.15. The molecule has 18 heavy (non-hydrogen) atoms. The summed E-state index contributed by atoms with van der Waals surface area (Å²) < 4.78 is 24.9. The van der Waals surface area contributed by atoms with Crippen LogP contribution in [0, 0.1) is 0 Å². The molecule has 0 saturated carbocycles. The van der Waals surface area contributed by atoms with E-state index in [2.05, 4.69) is 10.0 Å². The molecule has 0 bridgehead atoms. The Balaban J connectivity index is 2.49. The van der Waals surface area contributed by atoms with Crippen LogP contribution >= 0.6 is 0 Å². The lowest BCUT2D eigenvalue weighted by Crippen LogP contribution is -2.49. The molecule has 0 aliphatic carbocycles. The van der Waals surface area contributed by atoms with E-state index in [-0.39, 0.29) is 5.75 Å². The molecule has 5 nitrogen and oxygen atoms in total. The number of aromatic hydroxyl groups is 1. The Morgan fingerprint density at radius 2 is 1.89 bits per heavy atom. The fourth-order valence-corrected chi connectivity index (χ4v) is 2.78. The quantitative estimate of drug-likeness (QED) is 0.716. The van der Waals surface area contributed by atoms with Gasteiger partial charge in [-0.3, -0.25) is 0 Å². The molecule has 0 radical (unpaired) electrons. The summed E-state index contributed by atoms with van der Waals surface area (Å²) in [5, 5.41) is 12.7. The van der Waals surface area contributed by atoms with E-state index in [0.717, 1.165) is 11.8 Å². The molecule has 0 spiro atoms. The van der Waals surface area contributed by atoms with Crippen molar-refractivity contribution in [1.82, 2.24) is 10.0 Å². The standard InChI is InChI=1S/C12H20N2O3S/c1-12(2,14-18(3,16)17)9-13-8-10-6-4-5-7-11(10)15/h4-7,13-15H,8-9H2,1-3H3. The van der Waals surface area contributed by atoms with E-state index in [1.807, 2.05) is 12.1 Å². The SMILES string of the molecule is CC(C)(CNCc1ccccc1O)NS(C)(=O)=O. The average molecular weight is 272 g/mol. The summed E-state index contributed by atoms with van der Waals surface area (Å²) in [6.07, 6.45) is 1.14. The lowest BCUT2D eigenvalue weighted by atomic mass is 10.1. The van der Waals surface area contributed by atoms with E-state index in [0.29, 0.717) is 13.1 Å². The third kappa shape index (κ3) is 5.48. The molecular weight excluding hydrogens is 252 g/mol. The summed E-state index contributed by atoms with van der Waals surface area (Å²) >= 11 is 0. The molecule has 102 valence electrons. The second-order valence-electron chi connectivity index (χ2n) is 4.99. The number of hydrogen-bond acceptors (Lipinski definition) is 4. The minimum absolute atomic E-state index is 0.235. The summed E-state index contributed by atoms with van der Waals surface area (Å²) in [4.78, 5) is 0. The van der Waals surface area contributed by atoms with E-state index in [1.165, 1.54) is 0 Å². The normalized spacial score (nSPS) is 12.6. The highest BCUT2D eigenvalue weighted by molar-refractivity contribution is 7.88. The zero-order valence-corrected chi connectivity index (χ0v) is 11.7.